The third-order valence-electron chi connectivity index (χ3n) is 4.50. The van der Waals surface area contributed by atoms with Gasteiger partial charge in [-0.3, -0.25) is 0 Å². The summed E-state index contributed by atoms with van der Waals surface area (Å²) in [6, 6.07) is 18.7. The highest BCUT2D eigenvalue weighted by molar-refractivity contribution is 5.89. The van der Waals surface area contributed by atoms with Gasteiger partial charge in [-0.05, 0) is 31.0 Å². The zero-order valence-electron chi connectivity index (χ0n) is 15.9. The molecule has 0 saturated carbocycles. The summed E-state index contributed by atoms with van der Waals surface area (Å²) in [5, 5.41) is 10.1. The van der Waals surface area contributed by atoms with Crippen LogP contribution in [0.5, 0.6) is 0 Å². The Labute approximate surface area is 160 Å². The van der Waals surface area contributed by atoms with Crippen molar-refractivity contribution in [2.45, 2.75) is 32.2 Å². The number of ether oxygens (including phenoxy) is 3. The van der Waals surface area contributed by atoms with Crippen LogP contribution in [0.1, 0.15) is 29.3 Å². The van der Waals surface area contributed by atoms with Crippen LogP contribution in [0.25, 0.3) is 0 Å². The molecule has 0 aliphatic carbocycles. The fourth-order valence-electron chi connectivity index (χ4n) is 2.90. The molecule has 2 unspecified atom stereocenters. The summed E-state index contributed by atoms with van der Waals surface area (Å²) in [6.07, 6.45) is -0.407. The van der Waals surface area contributed by atoms with Crippen molar-refractivity contribution < 1.29 is 24.1 Å². The molecule has 0 saturated heterocycles. The standard InChI is InChI=1S/C22H28O5/c1-17(23)20(13-14-26-15-18-9-5-3-6-10-18)21(25-2)16-27-22(24)19-11-7-4-8-12-19/h3-12,17,20-21,23H,13-16H2,1-2H3/t17-,20?,21?/m1/s1. The summed E-state index contributed by atoms with van der Waals surface area (Å²) < 4.78 is 16.6. The smallest absolute Gasteiger partial charge is 0.338 e. The van der Waals surface area contributed by atoms with E-state index < -0.39 is 18.2 Å². The first-order valence-electron chi connectivity index (χ1n) is 9.16. The highest BCUT2D eigenvalue weighted by atomic mass is 16.6. The Morgan fingerprint density at radius 3 is 2.26 bits per heavy atom. The number of hydrogen-bond donors (Lipinski definition) is 1. The van der Waals surface area contributed by atoms with E-state index in [4.69, 9.17) is 14.2 Å². The predicted octanol–water partition coefficient (Wildman–Crippen LogP) is 3.46. The lowest BCUT2D eigenvalue weighted by Gasteiger charge is -2.28. The number of methoxy groups -OCH3 is 1. The van der Waals surface area contributed by atoms with E-state index in [0.717, 1.165) is 5.56 Å². The molecule has 0 bridgehead atoms. The Morgan fingerprint density at radius 2 is 1.67 bits per heavy atom. The second-order valence-corrected chi connectivity index (χ2v) is 6.47. The molecule has 27 heavy (non-hydrogen) atoms. The molecule has 0 heterocycles. The Morgan fingerprint density at radius 1 is 1.04 bits per heavy atom. The SMILES string of the molecule is COC(COC(=O)c1ccccc1)C(CCOCc1ccccc1)[C@@H](C)O. The average Bonchev–Trinajstić information content (AvgIpc) is 2.70. The molecule has 0 radical (unpaired) electrons. The lowest BCUT2D eigenvalue weighted by Crippen LogP contribution is -2.36. The van der Waals surface area contributed by atoms with Crippen LogP contribution in [0.15, 0.2) is 60.7 Å². The number of hydrogen-bond acceptors (Lipinski definition) is 5. The highest BCUT2D eigenvalue weighted by Gasteiger charge is 2.27. The van der Waals surface area contributed by atoms with Crippen molar-refractivity contribution in [3.63, 3.8) is 0 Å². The maximum atomic E-state index is 12.1. The van der Waals surface area contributed by atoms with Gasteiger partial charge in [-0.2, -0.15) is 0 Å². The van der Waals surface area contributed by atoms with E-state index >= 15 is 0 Å². The maximum Gasteiger partial charge on any atom is 0.338 e. The van der Waals surface area contributed by atoms with Gasteiger partial charge in [0.15, 0.2) is 0 Å². The Balaban J connectivity index is 1.82. The highest BCUT2D eigenvalue weighted by Crippen LogP contribution is 2.18. The van der Waals surface area contributed by atoms with Crippen LogP contribution in [0.2, 0.25) is 0 Å². The van der Waals surface area contributed by atoms with Gasteiger partial charge in [0.2, 0.25) is 0 Å². The molecule has 2 aromatic rings. The lowest BCUT2D eigenvalue weighted by molar-refractivity contribution is -0.0550. The van der Waals surface area contributed by atoms with Gasteiger partial charge >= 0.3 is 5.97 Å². The van der Waals surface area contributed by atoms with Crippen LogP contribution in [-0.2, 0) is 20.8 Å². The first-order chi connectivity index (χ1) is 13.1. The van der Waals surface area contributed by atoms with E-state index in [0.29, 0.717) is 25.2 Å². The molecular weight excluding hydrogens is 344 g/mol. The van der Waals surface area contributed by atoms with Crippen molar-refractivity contribution in [2.75, 3.05) is 20.3 Å². The van der Waals surface area contributed by atoms with Gasteiger partial charge in [-0.1, -0.05) is 48.5 Å². The number of carbonyl (C=O) groups excluding carboxylic acids is 1. The molecular formula is C22H28O5. The Kier molecular flexibility index (Phi) is 8.98. The monoisotopic (exact) mass is 372 g/mol. The molecule has 146 valence electrons. The topological polar surface area (TPSA) is 65.0 Å². The largest absolute Gasteiger partial charge is 0.459 e. The van der Waals surface area contributed by atoms with Crippen LogP contribution in [0.4, 0.5) is 0 Å². The van der Waals surface area contributed by atoms with Crippen molar-refractivity contribution in [1.82, 2.24) is 0 Å². The van der Waals surface area contributed by atoms with Gasteiger partial charge in [-0.15, -0.1) is 0 Å². The molecule has 0 fully saturated rings. The zero-order valence-corrected chi connectivity index (χ0v) is 15.9. The number of benzene rings is 2. The van der Waals surface area contributed by atoms with Crippen LogP contribution in [0.3, 0.4) is 0 Å². The summed E-state index contributed by atoms with van der Waals surface area (Å²) >= 11 is 0. The molecule has 5 nitrogen and oxygen atoms in total. The molecule has 1 N–H and O–H groups in total. The van der Waals surface area contributed by atoms with Crippen molar-refractivity contribution in [2.24, 2.45) is 5.92 Å². The normalized spacial score (nSPS) is 14.3. The van der Waals surface area contributed by atoms with Crippen LogP contribution in [-0.4, -0.2) is 43.6 Å². The molecule has 0 aliphatic heterocycles. The van der Waals surface area contributed by atoms with Gasteiger partial charge in [-0.25, -0.2) is 4.79 Å². The van der Waals surface area contributed by atoms with E-state index in [1.807, 2.05) is 36.4 Å². The second kappa shape index (κ2) is 11.5. The summed E-state index contributed by atoms with van der Waals surface area (Å²) in [5.74, 6) is -0.600. The summed E-state index contributed by atoms with van der Waals surface area (Å²) in [7, 11) is 1.56. The van der Waals surface area contributed by atoms with Crippen molar-refractivity contribution >= 4 is 5.97 Å². The van der Waals surface area contributed by atoms with Gasteiger partial charge in [0.1, 0.15) is 6.61 Å². The van der Waals surface area contributed by atoms with Gasteiger partial charge in [0.05, 0.1) is 24.4 Å². The number of aliphatic hydroxyl groups is 1. The van der Waals surface area contributed by atoms with E-state index in [1.54, 1.807) is 38.3 Å². The third kappa shape index (κ3) is 7.13. The van der Waals surface area contributed by atoms with E-state index in [9.17, 15) is 9.90 Å². The molecule has 2 rings (SSSR count). The molecule has 0 amide bonds. The molecule has 0 aromatic heterocycles. The quantitative estimate of drug-likeness (QED) is 0.483. The van der Waals surface area contributed by atoms with Gasteiger partial charge in [0.25, 0.3) is 0 Å². The van der Waals surface area contributed by atoms with Crippen molar-refractivity contribution in [1.29, 1.82) is 0 Å². The number of aliphatic hydroxyl groups excluding tert-OH is 1. The predicted molar refractivity (Wildman–Crippen MR) is 103 cm³/mol. The third-order valence-corrected chi connectivity index (χ3v) is 4.50. The number of carbonyl (C=O) groups is 1. The van der Waals surface area contributed by atoms with Crippen molar-refractivity contribution in [3.8, 4) is 0 Å². The summed E-state index contributed by atoms with van der Waals surface area (Å²) in [5.41, 5.74) is 1.60. The van der Waals surface area contributed by atoms with Gasteiger partial charge < -0.3 is 19.3 Å². The molecule has 5 heteroatoms. The fraction of sp³-hybridized carbons (Fsp3) is 0.409. The van der Waals surface area contributed by atoms with Crippen LogP contribution >= 0.6 is 0 Å². The minimum absolute atomic E-state index is 0.0818. The summed E-state index contributed by atoms with van der Waals surface area (Å²) in [4.78, 5) is 12.1. The Bertz CT molecular complexity index is 657. The molecule has 2 aromatic carbocycles. The molecule has 3 atom stereocenters. The van der Waals surface area contributed by atoms with E-state index in [1.165, 1.54) is 0 Å². The average molecular weight is 372 g/mol. The second-order valence-electron chi connectivity index (χ2n) is 6.47. The first-order valence-corrected chi connectivity index (χ1v) is 9.16. The number of rotatable bonds is 11. The summed E-state index contributed by atoms with van der Waals surface area (Å²) in [6.45, 7) is 2.80. The van der Waals surface area contributed by atoms with Crippen LogP contribution in [0, 0.1) is 5.92 Å². The zero-order chi connectivity index (χ0) is 19.5. The Hall–Kier alpha value is -2.21. The minimum atomic E-state index is -0.606. The maximum absolute atomic E-state index is 12.1. The van der Waals surface area contributed by atoms with E-state index in [2.05, 4.69) is 0 Å². The van der Waals surface area contributed by atoms with E-state index in [-0.39, 0.29) is 12.5 Å². The lowest BCUT2D eigenvalue weighted by atomic mass is 9.94. The van der Waals surface area contributed by atoms with Gasteiger partial charge in [0, 0.05) is 19.6 Å². The van der Waals surface area contributed by atoms with Crippen molar-refractivity contribution in [3.05, 3.63) is 71.8 Å². The first kappa shape index (κ1) is 21.1. The fourth-order valence-corrected chi connectivity index (χ4v) is 2.90. The molecule has 0 aliphatic rings. The molecule has 0 spiro atoms. The number of esters is 1. The minimum Gasteiger partial charge on any atom is -0.459 e. The van der Waals surface area contributed by atoms with Crippen LogP contribution < -0.4 is 0 Å².